The minimum Gasteiger partial charge on any atom is -0.469 e. The number of hydrogen-bond donors (Lipinski definition) is 1. The molecule has 1 amide bonds. The van der Waals surface area contributed by atoms with Gasteiger partial charge in [-0.15, -0.1) is 0 Å². The Hall–Kier alpha value is -1.35. The van der Waals surface area contributed by atoms with Crippen LogP contribution in [-0.2, 0) is 24.5 Å². The number of nitrogens with zero attached hydrogens (tertiary/aromatic N) is 1. The van der Waals surface area contributed by atoms with Crippen LogP contribution in [0.4, 0.5) is 4.79 Å². The van der Waals surface area contributed by atoms with E-state index in [4.69, 9.17) is 4.74 Å². The highest BCUT2D eigenvalue weighted by Crippen LogP contribution is 2.22. The lowest BCUT2D eigenvalue weighted by Crippen LogP contribution is -2.51. The summed E-state index contributed by atoms with van der Waals surface area (Å²) in [5, 5.41) is 0. The van der Waals surface area contributed by atoms with Crippen molar-refractivity contribution >= 4 is 22.3 Å². The first-order valence-corrected chi connectivity index (χ1v) is 8.27. The van der Waals surface area contributed by atoms with Gasteiger partial charge in [0.25, 0.3) is 0 Å². The zero-order valence-corrected chi connectivity index (χ0v) is 13.3. The predicted molar refractivity (Wildman–Crippen MR) is 74.7 cm³/mol. The number of carbonyl (C=O) groups excluding carboxylic acids is 2. The molecule has 21 heavy (non-hydrogen) atoms. The van der Waals surface area contributed by atoms with E-state index >= 15 is 0 Å². The Kier molecular flexibility index (Phi) is 6.41. The van der Waals surface area contributed by atoms with Gasteiger partial charge in [0.05, 0.1) is 19.6 Å². The SMILES string of the molecule is COC(=O)CC1CCCCN1S(=O)(=O)NC(=O)OC(C)C. The lowest BCUT2D eigenvalue weighted by atomic mass is 10.0. The standard InChI is InChI=1S/C12H22N2O6S/c1-9(2)20-12(16)13-21(17,18)14-7-5-4-6-10(14)8-11(15)19-3/h9-10H,4-8H2,1-3H3,(H,13,16). The van der Waals surface area contributed by atoms with E-state index in [9.17, 15) is 18.0 Å². The van der Waals surface area contributed by atoms with Gasteiger partial charge in [-0.3, -0.25) is 4.79 Å². The molecule has 0 aromatic carbocycles. The van der Waals surface area contributed by atoms with Gasteiger partial charge in [-0.1, -0.05) is 6.42 Å². The number of ether oxygens (including phenoxy) is 2. The van der Waals surface area contributed by atoms with Crippen molar-refractivity contribution in [1.82, 2.24) is 9.03 Å². The second kappa shape index (κ2) is 7.60. The molecule has 122 valence electrons. The summed E-state index contributed by atoms with van der Waals surface area (Å²) in [5.41, 5.74) is 0. The summed E-state index contributed by atoms with van der Waals surface area (Å²) in [6.07, 6.45) is 0.577. The molecule has 0 spiro atoms. The summed E-state index contributed by atoms with van der Waals surface area (Å²) in [7, 11) is -2.78. The number of nitrogens with one attached hydrogen (secondary N) is 1. The summed E-state index contributed by atoms with van der Waals surface area (Å²) >= 11 is 0. The Balaban J connectivity index is 2.77. The maximum Gasteiger partial charge on any atom is 0.422 e. The van der Waals surface area contributed by atoms with Crippen molar-refractivity contribution in [2.75, 3.05) is 13.7 Å². The topological polar surface area (TPSA) is 102 Å². The average molecular weight is 322 g/mol. The monoisotopic (exact) mass is 322 g/mol. The maximum absolute atomic E-state index is 12.2. The number of hydrogen-bond acceptors (Lipinski definition) is 6. The fourth-order valence-corrected chi connectivity index (χ4v) is 3.49. The molecule has 1 aliphatic heterocycles. The van der Waals surface area contributed by atoms with Crippen molar-refractivity contribution in [3.63, 3.8) is 0 Å². The minimum atomic E-state index is -4.03. The lowest BCUT2D eigenvalue weighted by Gasteiger charge is -2.33. The highest BCUT2D eigenvalue weighted by molar-refractivity contribution is 7.87. The van der Waals surface area contributed by atoms with Gasteiger partial charge in [-0.2, -0.15) is 12.7 Å². The number of amides is 1. The van der Waals surface area contributed by atoms with Crippen molar-refractivity contribution in [1.29, 1.82) is 0 Å². The lowest BCUT2D eigenvalue weighted by molar-refractivity contribution is -0.141. The van der Waals surface area contributed by atoms with Gasteiger partial charge in [0.15, 0.2) is 0 Å². The van der Waals surface area contributed by atoms with Gasteiger partial charge in [0.2, 0.25) is 0 Å². The highest BCUT2D eigenvalue weighted by Gasteiger charge is 2.35. The van der Waals surface area contributed by atoms with Crippen LogP contribution in [0.15, 0.2) is 0 Å². The summed E-state index contributed by atoms with van der Waals surface area (Å²) in [6.45, 7) is 3.49. The summed E-state index contributed by atoms with van der Waals surface area (Å²) in [5.74, 6) is -0.480. The number of rotatable bonds is 5. The molecule has 1 unspecified atom stereocenters. The molecule has 0 bridgehead atoms. The second-order valence-electron chi connectivity index (χ2n) is 5.10. The van der Waals surface area contributed by atoms with Gasteiger partial charge >= 0.3 is 22.3 Å². The van der Waals surface area contributed by atoms with Crippen LogP contribution in [0, 0.1) is 0 Å². The number of methoxy groups -OCH3 is 1. The summed E-state index contributed by atoms with van der Waals surface area (Å²) < 4.78 is 36.8. The molecule has 0 aromatic heterocycles. The van der Waals surface area contributed by atoms with Crippen LogP contribution in [0.1, 0.15) is 39.5 Å². The van der Waals surface area contributed by atoms with Crippen LogP contribution in [0.25, 0.3) is 0 Å². The van der Waals surface area contributed by atoms with Gasteiger partial charge in [-0.25, -0.2) is 9.52 Å². The quantitative estimate of drug-likeness (QED) is 0.751. The molecule has 9 heteroatoms. The zero-order chi connectivity index (χ0) is 16.0. The number of carbonyl (C=O) groups is 2. The molecule has 0 radical (unpaired) electrons. The Morgan fingerprint density at radius 1 is 1.33 bits per heavy atom. The van der Waals surface area contributed by atoms with Crippen molar-refractivity contribution in [2.45, 2.75) is 51.7 Å². The van der Waals surface area contributed by atoms with E-state index < -0.39 is 34.4 Å². The van der Waals surface area contributed by atoms with Gasteiger partial charge in [0.1, 0.15) is 0 Å². The van der Waals surface area contributed by atoms with E-state index in [1.165, 1.54) is 7.11 Å². The van der Waals surface area contributed by atoms with Crippen molar-refractivity contribution < 1.29 is 27.5 Å². The van der Waals surface area contributed by atoms with Crippen LogP contribution < -0.4 is 4.72 Å². The van der Waals surface area contributed by atoms with E-state index in [1.54, 1.807) is 13.8 Å². The Bertz CT molecular complexity index is 476. The average Bonchev–Trinajstić information content (AvgIpc) is 2.37. The van der Waals surface area contributed by atoms with Crippen LogP contribution in [0.5, 0.6) is 0 Å². The third-order valence-corrected chi connectivity index (χ3v) is 4.59. The van der Waals surface area contributed by atoms with Gasteiger partial charge in [-0.05, 0) is 26.7 Å². The summed E-state index contributed by atoms with van der Waals surface area (Å²) in [6, 6.07) is -0.504. The first-order chi connectivity index (χ1) is 9.76. The van der Waals surface area contributed by atoms with Crippen LogP contribution in [0.2, 0.25) is 0 Å². The minimum absolute atomic E-state index is 0.0311. The fraction of sp³-hybridized carbons (Fsp3) is 0.833. The predicted octanol–water partition coefficient (Wildman–Crippen LogP) is 0.783. The Morgan fingerprint density at radius 2 is 2.00 bits per heavy atom. The van der Waals surface area contributed by atoms with Crippen LogP contribution in [-0.4, -0.2) is 50.6 Å². The van der Waals surface area contributed by atoms with E-state index in [0.717, 1.165) is 10.7 Å². The first-order valence-electron chi connectivity index (χ1n) is 6.83. The molecule has 1 aliphatic rings. The van der Waals surface area contributed by atoms with E-state index in [-0.39, 0.29) is 13.0 Å². The molecular formula is C12H22N2O6S. The van der Waals surface area contributed by atoms with E-state index in [0.29, 0.717) is 12.8 Å². The molecule has 0 aromatic rings. The molecule has 0 aliphatic carbocycles. The van der Waals surface area contributed by atoms with Crippen molar-refractivity contribution in [2.24, 2.45) is 0 Å². The molecule has 1 heterocycles. The third-order valence-electron chi connectivity index (χ3n) is 3.07. The number of piperidine rings is 1. The molecule has 1 fully saturated rings. The third kappa shape index (κ3) is 5.50. The van der Waals surface area contributed by atoms with E-state index in [1.807, 2.05) is 4.72 Å². The maximum atomic E-state index is 12.2. The second-order valence-corrected chi connectivity index (χ2v) is 6.73. The molecule has 1 N–H and O–H groups in total. The molecule has 0 saturated carbocycles. The Morgan fingerprint density at radius 3 is 2.57 bits per heavy atom. The molecule has 8 nitrogen and oxygen atoms in total. The van der Waals surface area contributed by atoms with Crippen LogP contribution in [0.3, 0.4) is 0 Å². The molecule has 1 rings (SSSR count). The Labute approximate surface area is 125 Å². The molecule has 1 atom stereocenters. The van der Waals surface area contributed by atoms with E-state index in [2.05, 4.69) is 4.74 Å². The van der Waals surface area contributed by atoms with Gasteiger partial charge in [0, 0.05) is 12.6 Å². The van der Waals surface area contributed by atoms with Gasteiger partial charge < -0.3 is 9.47 Å². The zero-order valence-electron chi connectivity index (χ0n) is 12.5. The molecular weight excluding hydrogens is 300 g/mol. The highest BCUT2D eigenvalue weighted by atomic mass is 32.2. The van der Waals surface area contributed by atoms with Crippen LogP contribution >= 0.6 is 0 Å². The first kappa shape index (κ1) is 17.7. The van der Waals surface area contributed by atoms with Crippen molar-refractivity contribution in [3.8, 4) is 0 Å². The fourth-order valence-electron chi connectivity index (χ4n) is 2.17. The van der Waals surface area contributed by atoms with Crippen molar-refractivity contribution in [3.05, 3.63) is 0 Å². The summed E-state index contributed by atoms with van der Waals surface area (Å²) in [4.78, 5) is 22.8. The largest absolute Gasteiger partial charge is 0.469 e. The smallest absolute Gasteiger partial charge is 0.422 e. The number of esters is 1. The normalized spacial score (nSPS) is 20.1. The molecule has 1 saturated heterocycles.